The number of hydrogen-bond acceptors (Lipinski definition) is 10. The number of aliphatic hydroxyl groups is 5. The summed E-state index contributed by atoms with van der Waals surface area (Å²) in [5.74, 6) is -1.52. The zero-order valence-corrected chi connectivity index (χ0v) is 17.0. The van der Waals surface area contributed by atoms with Crippen molar-refractivity contribution in [1.82, 2.24) is 0 Å². The molecule has 0 aromatic heterocycles. The van der Waals surface area contributed by atoms with Gasteiger partial charge in [-0.1, -0.05) is 24.3 Å². The second-order valence-electron chi connectivity index (χ2n) is 7.94. The molecule has 10 nitrogen and oxygen atoms in total. The molecule has 2 heterocycles. The molecule has 1 aromatic rings. The maximum Gasteiger partial charge on any atom is 0.338 e. The predicted molar refractivity (Wildman–Crippen MR) is 107 cm³/mol. The van der Waals surface area contributed by atoms with E-state index < -0.39 is 67.5 Å². The lowest BCUT2D eigenvalue weighted by Crippen LogP contribution is -2.60. The minimum Gasteiger partial charge on any atom is -0.472 e. The molecule has 10 heteroatoms. The maximum atomic E-state index is 12.3. The van der Waals surface area contributed by atoms with E-state index in [4.69, 9.17) is 18.9 Å². The molecule has 2 aliphatic heterocycles. The summed E-state index contributed by atoms with van der Waals surface area (Å²) in [6, 6.07) is 8.47. The van der Waals surface area contributed by atoms with Gasteiger partial charge in [0, 0.05) is 5.92 Å². The van der Waals surface area contributed by atoms with Gasteiger partial charge in [-0.25, -0.2) is 4.79 Å². The third-order valence-corrected chi connectivity index (χ3v) is 5.92. The van der Waals surface area contributed by atoms with E-state index in [9.17, 15) is 30.3 Å². The Morgan fingerprint density at radius 3 is 2.47 bits per heavy atom. The first-order valence-electron chi connectivity index (χ1n) is 10.3. The first kappa shape index (κ1) is 22.9. The van der Waals surface area contributed by atoms with E-state index in [1.54, 1.807) is 42.5 Å². The predicted octanol–water partition coefficient (Wildman–Crippen LogP) is -0.937. The van der Waals surface area contributed by atoms with Crippen molar-refractivity contribution in [2.24, 2.45) is 11.8 Å². The largest absolute Gasteiger partial charge is 0.472 e. The first-order chi connectivity index (χ1) is 15.4. The van der Waals surface area contributed by atoms with Gasteiger partial charge in [0.05, 0.1) is 30.5 Å². The minimum absolute atomic E-state index is 0.113. The van der Waals surface area contributed by atoms with Crippen molar-refractivity contribution >= 4 is 5.97 Å². The molecule has 0 spiro atoms. The van der Waals surface area contributed by atoms with Crippen LogP contribution in [-0.2, 0) is 18.9 Å². The van der Waals surface area contributed by atoms with Crippen LogP contribution in [-0.4, -0.2) is 87.8 Å². The van der Waals surface area contributed by atoms with Gasteiger partial charge < -0.3 is 44.5 Å². The number of carbonyl (C=O) groups is 1. The van der Waals surface area contributed by atoms with Crippen molar-refractivity contribution in [3.05, 3.63) is 59.9 Å². The lowest BCUT2D eigenvalue weighted by Gasteiger charge is -2.42. The highest BCUT2D eigenvalue weighted by atomic mass is 16.8. The molecule has 5 N–H and O–H groups in total. The van der Waals surface area contributed by atoms with Gasteiger partial charge in [-0.3, -0.25) is 0 Å². The zero-order valence-electron chi connectivity index (χ0n) is 17.0. The van der Waals surface area contributed by atoms with E-state index in [2.05, 4.69) is 0 Å². The first-order valence-corrected chi connectivity index (χ1v) is 10.3. The van der Waals surface area contributed by atoms with E-state index in [0.29, 0.717) is 11.1 Å². The summed E-state index contributed by atoms with van der Waals surface area (Å²) in [5, 5.41) is 50.0. The fraction of sp³-hybridized carbons (Fsp3) is 0.500. The Morgan fingerprint density at radius 2 is 1.75 bits per heavy atom. The highest BCUT2D eigenvalue weighted by molar-refractivity contribution is 5.89. The van der Waals surface area contributed by atoms with Gasteiger partial charge in [-0.15, -0.1) is 0 Å². The van der Waals surface area contributed by atoms with Crippen LogP contribution in [0.25, 0.3) is 0 Å². The summed E-state index contributed by atoms with van der Waals surface area (Å²) in [6.07, 6.45) is -4.61. The summed E-state index contributed by atoms with van der Waals surface area (Å²) >= 11 is 0. The molecule has 0 radical (unpaired) electrons. The van der Waals surface area contributed by atoms with Crippen LogP contribution in [0.1, 0.15) is 10.4 Å². The van der Waals surface area contributed by atoms with Gasteiger partial charge in [-0.2, -0.15) is 0 Å². The van der Waals surface area contributed by atoms with E-state index in [0.717, 1.165) is 0 Å². The third-order valence-electron chi connectivity index (χ3n) is 5.92. The molecular weight excluding hydrogens is 424 g/mol. The van der Waals surface area contributed by atoms with E-state index in [1.165, 1.54) is 6.26 Å². The third kappa shape index (κ3) is 4.44. The topological polar surface area (TPSA) is 155 Å². The van der Waals surface area contributed by atoms with Crippen molar-refractivity contribution in [2.45, 2.75) is 43.1 Å². The molecule has 1 aliphatic carbocycles. The molecule has 1 aromatic carbocycles. The molecule has 1 fully saturated rings. The van der Waals surface area contributed by atoms with Crippen LogP contribution in [0.2, 0.25) is 0 Å². The Labute approximate surface area is 183 Å². The summed E-state index contributed by atoms with van der Waals surface area (Å²) in [7, 11) is 0. The molecule has 32 heavy (non-hydrogen) atoms. The SMILES string of the molecule is O=C(OCC1=C[C@@H](O)[C@@H]2C=CO[C@@H](O[C@@H]3O[C@@H](CO)[C@@H](O)[C@H](O)[C@@H]3O)[C@H]12)c1ccccc1. The highest BCUT2D eigenvalue weighted by Crippen LogP contribution is 2.41. The average molecular weight is 450 g/mol. The molecule has 1 saturated heterocycles. The van der Waals surface area contributed by atoms with E-state index >= 15 is 0 Å². The maximum absolute atomic E-state index is 12.3. The van der Waals surface area contributed by atoms with Crippen molar-refractivity contribution < 1.29 is 49.3 Å². The molecule has 174 valence electrons. The molecule has 3 aliphatic rings. The number of carbonyl (C=O) groups excluding carboxylic acids is 1. The van der Waals surface area contributed by atoms with Crippen LogP contribution in [0.3, 0.4) is 0 Å². The Balaban J connectivity index is 1.46. The van der Waals surface area contributed by atoms with Crippen molar-refractivity contribution in [2.75, 3.05) is 13.2 Å². The van der Waals surface area contributed by atoms with Gasteiger partial charge in [0.2, 0.25) is 6.29 Å². The summed E-state index contributed by atoms with van der Waals surface area (Å²) in [6.45, 7) is -0.709. The van der Waals surface area contributed by atoms with E-state index in [1.807, 2.05) is 0 Å². The summed E-state index contributed by atoms with van der Waals surface area (Å²) in [5.41, 5.74) is 0.947. The van der Waals surface area contributed by atoms with Gasteiger partial charge in [0.15, 0.2) is 6.29 Å². The van der Waals surface area contributed by atoms with Crippen molar-refractivity contribution in [3.8, 4) is 0 Å². The molecular formula is C22H26O10. The van der Waals surface area contributed by atoms with Crippen LogP contribution in [0, 0.1) is 11.8 Å². The van der Waals surface area contributed by atoms with Crippen molar-refractivity contribution in [3.63, 3.8) is 0 Å². The minimum atomic E-state index is -1.60. The molecule has 9 atom stereocenters. The second-order valence-corrected chi connectivity index (χ2v) is 7.94. The van der Waals surface area contributed by atoms with Crippen LogP contribution < -0.4 is 0 Å². The number of rotatable bonds is 6. The normalized spacial score (nSPS) is 38.5. The quantitative estimate of drug-likeness (QED) is 0.271. The number of benzene rings is 1. The average Bonchev–Trinajstić information content (AvgIpc) is 3.14. The lowest BCUT2D eigenvalue weighted by atomic mass is 9.88. The number of aliphatic hydroxyl groups excluding tert-OH is 5. The second kappa shape index (κ2) is 9.67. The smallest absolute Gasteiger partial charge is 0.338 e. The molecule has 0 saturated carbocycles. The zero-order chi connectivity index (χ0) is 22.8. The standard InChI is InChI=1S/C22H26O10/c23-9-15-17(25)18(26)19(27)22(31-15)32-21-16-12(8-14(24)13(16)6-7-29-21)10-30-20(28)11-4-2-1-3-5-11/h1-8,13-19,21-27H,9-10H2/t13-,14+,15-,16+,17+,18-,19-,21-,22-/m0/s1. The van der Waals surface area contributed by atoms with Crippen LogP contribution >= 0.6 is 0 Å². The summed E-state index contributed by atoms with van der Waals surface area (Å²) < 4.78 is 22.1. The Kier molecular flexibility index (Phi) is 6.91. The van der Waals surface area contributed by atoms with Gasteiger partial charge in [0.1, 0.15) is 31.0 Å². The van der Waals surface area contributed by atoms with Crippen LogP contribution in [0.5, 0.6) is 0 Å². The number of ether oxygens (including phenoxy) is 4. The number of hydrogen-bond donors (Lipinski definition) is 5. The monoisotopic (exact) mass is 450 g/mol. The molecule has 0 amide bonds. The fourth-order valence-electron chi connectivity index (χ4n) is 4.17. The van der Waals surface area contributed by atoms with Gasteiger partial charge >= 0.3 is 5.97 Å². The van der Waals surface area contributed by atoms with Gasteiger partial charge in [0.25, 0.3) is 0 Å². The number of esters is 1. The summed E-state index contributed by atoms with van der Waals surface area (Å²) in [4.78, 5) is 12.3. The highest BCUT2D eigenvalue weighted by Gasteiger charge is 2.49. The number of fused-ring (bicyclic) bond motifs is 1. The lowest BCUT2D eigenvalue weighted by molar-refractivity contribution is -0.339. The van der Waals surface area contributed by atoms with Crippen molar-refractivity contribution in [1.29, 1.82) is 0 Å². The molecule has 0 unspecified atom stereocenters. The Morgan fingerprint density at radius 1 is 1.00 bits per heavy atom. The van der Waals surface area contributed by atoms with Crippen LogP contribution in [0.4, 0.5) is 0 Å². The Hall–Kier alpha value is -2.31. The fourth-order valence-corrected chi connectivity index (χ4v) is 4.17. The Bertz CT molecular complexity index is 854. The van der Waals surface area contributed by atoms with E-state index in [-0.39, 0.29) is 6.61 Å². The molecule has 0 bridgehead atoms. The molecule has 4 rings (SSSR count). The van der Waals surface area contributed by atoms with Crippen LogP contribution in [0.15, 0.2) is 54.3 Å². The van der Waals surface area contributed by atoms with Gasteiger partial charge in [-0.05, 0) is 23.8 Å².